The summed E-state index contributed by atoms with van der Waals surface area (Å²) in [4.78, 5) is 4.17. The Balaban J connectivity index is 0.00000400. The number of benzene rings is 1. The largest absolute Gasteiger partial charge is 0.382 e. The number of rotatable bonds is 7. The molecule has 120 valence electrons. The molecule has 21 heavy (non-hydrogen) atoms. The van der Waals surface area contributed by atoms with Crippen LogP contribution >= 0.6 is 51.5 Å². The summed E-state index contributed by atoms with van der Waals surface area (Å²) < 4.78 is 6.26. The van der Waals surface area contributed by atoms with Gasteiger partial charge < -0.3 is 15.4 Å². The molecule has 0 unspecified atom stereocenters. The van der Waals surface area contributed by atoms with Gasteiger partial charge in [0, 0.05) is 42.8 Å². The van der Waals surface area contributed by atoms with E-state index in [0.29, 0.717) is 6.54 Å². The Morgan fingerprint density at radius 3 is 2.76 bits per heavy atom. The summed E-state index contributed by atoms with van der Waals surface area (Å²) in [6.07, 6.45) is 0.952. The summed E-state index contributed by atoms with van der Waals surface area (Å²) in [5, 5.41) is 7.21. The van der Waals surface area contributed by atoms with Crippen molar-refractivity contribution in [2.24, 2.45) is 4.99 Å². The molecule has 0 aliphatic heterocycles. The Bertz CT molecular complexity index is 446. The van der Waals surface area contributed by atoms with Crippen LogP contribution in [0.15, 0.2) is 27.7 Å². The zero-order chi connectivity index (χ0) is 14.8. The molecule has 4 nitrogen and oxygen atoms in total. The molecule has 0 bridgehead atoms. The van der Waals surface area contributed by atoms with Crippen molar-refractivity contribution in [2.45, 2.75) is 19.9 Å². The Hall–Kier alpha value is -0.0500. The van der Waals surface area contributed by atoms with E-state index in [9.17, 15) is 0 Å². The van der Waals surface area contributed by atoms with Crippen LogP contribution in [-0.2, 0) is 11.3 Å². The van der Waals surface area contributed by atoms with Gasteiger partial charge >= 0.3 is 0 Å². The van der Waals surface area contributed by atoms with Crippen molar-refractivity contribution in [3.05, 3.63) is 33.3 Å². The van der Waals surface area contributed by atoms with Gasteiger partial charge in [-0.1, -0.05) is 33.6 Å². The molecule has 2 N–H and O–H groups in total. The molecule has 0 radical (unpaired) electrons. The van der Waals surface area contributed by atoms with Crippen molar-refractivity contribution in [3.63, 3.8) is 0 Å². The highest BCUT2D eigenvalue weighted by Gasteiger charge is 2.02. The van der Waals surface area contributed by atoms with Gasteiger partial charge in [0.25, 0.3) is 0 Å². The number of aliphatic imine (C=N–C) groups is 1. The molecule has 0 atom stereocenters. The van der Waals surface area contributed by atoms with Crippen LogP contribution in [0.1, 0.15) is 18.9 Å². The van der Waals surface area contributed by atoms with E-state index < -0.39 is 0 Å². The molecule has 0 amide bonds. The Morgan fingerprint density at radius 2 is 2.14 bits per heavy atom. The summed E-state index contributed by atoms with van der Waals surface area (Å²) in [7, 11) is 1.75. The van der Waals surface area contributed by atoms with Gasteiger partial charge in [0.2, 0.25) is 0 Å². The number of nitrogens with one attached hydrogen (secondary N) is 2. The first-order valence-corrected chi connectivity index (χ1v) is 7.80. The van der Waals surface area contributed by atoms with Crippen LogP contribution in [-0.4, -0.2) is 32.8 Å². The maximum Gasteiger partial charge on any atom is 0.191 e. The molecule has 1 rings (SSSR count). The summed E-state index contributed by atoms with van der Waals surface area (Å²) in [6.45, 7) is 4.98. The van der Waals surface area contributed by atoms with Gasteiger partial charge in [0.1, 0.15) is 0 Å². The van der Waals surface area contributed by atoms with Gasteiger partial charge in [-0.3, -0.25) is 4.99 Å². The average molecular weight is 491 g/mol. The Morgan fingerprint density at radius 1 is 1.38 bits per heavy atom. The minimum absolute atomic E-state index is 0. The van der Waals surface area contributed by atoms with Gasteiger partial charge in [-0.05, 0) is 31.0 Å². The Labute approximate surface area is 157 Å². The van der Waals surface area contributed by atoms with Crippen LogP contribution in [0.5, 0.6) is 0 Å². The third kappa shape index (κ3) is 8.85. The van der Waals surface area contributed by atoms with E-state index >= 15 is 0 Å². The number of hydrogen-bond donors (Lipinski definition) is 2. The molecule has 0 heterocycles. The molecule has 0 spiro atoms. The van der Waals surface area contributed by atoms with E-state index in [0.717, 1.165) is 47.2 Å². The van der Waals surface area contributed by atoms with E-state index in [1.165, 1.54) is 0 Å². The van der Waals surface area contributed by atoms with Crippen molar-refractivity contribution in [1.29, 1.82) is 0 Å². The molecule has 0 aliphatic carbocycles. The van der Waals surface area contributed by atoms with Crippen LogP contribution in [0, 0.1) is 0 Å². The van der Waals surface area contributed by atoms with E-state index in [1.807, 2.05) is 25.1 Å². The highest BCUT2D eigenvalue weighted by Crippen LogP contribution is 2.20. The highest BCUT2D eigenvalue weighted by molar-refractivity contribution is 14.0. The predicted molar refractivity (Wildman–Crippen MR) is 104 cm³/mol. The van der Waals surface area contributed by atoms with Crippen molar-refractivity contribution >= 4 is 57.5 Å². The van der Waals surface area contributed by atoms with E-state index in [4.69, 9.17) is 16.3 Å². The maximum atomic E-state index is 6.17. The SMILES string of the molecule is CCOCCCNC(=NC)NCc1ccc(Br)cc1Cl.I. The number of nitrogens with zero attached hydrogens (tertiary/aromatic N) is 1. The summed E-state index contributed by atoms with van der Waals surface area (Å²) in [6, 6.07) is 5.85. The fourth-order valence-corrected chi connectivity index (χ4v) is 2.33. The zero-order valence-electron chi connectivity index (χ0n) is 12.3. The lowest BCUT2D eigenvalue weighted by atomic mass is 10.2. The lowest BCUT2D eigenvalue weighted by molar-refractivity contribution is 0.145. The minimum Gasteiger partial charge on any atom is -0.382 e. The minimum atomic E-state index is 0. The lowest BCUT2D eigenvalue weighted by Gasteiger charge is -2.12. The topological polar surface area (TPSA) is 45.6 Å². The van der Waals surface area contributed by atoms with Crippen LogP contribution < -0.4 is 10.6 Å². The average Bonchev–Trinajstić information content (AvgIpc) is 2.43. The molecule has 0 saturated carbocycles. The van der Waals surface area contributed by atoms with Gasteiger partial charge in [0.15, 0.2) is 5.96 Å². The first-order valence-electron chi connectivity index (χ1n) is 6.63. The normalized spacial score (nSPS) is 11.0. The van der Waals surface area contributed by atoms with Crippen molar-refractivity contribution < 1.29 is 4.74 Å². The maximum absolute atomic E-state index is 6.17. The smallest absolute Gasteiger partial charge is 0.191 e. The van der Waals surface area contributed by atoms with E-state index in [1.54, 1.807) is 7.05 Å². The molecule has 1 aromatic carbocycles. The van der Waals surface area contributed by atoms with E-state index in [-0.39, 0.29) is 24.0 Å². The zero-order valence-corrected chi connectivity index (χ0v) is 17.0. The van der Waals surface area contributed by atoms with Crippen LogP contribution in [0.4, 0.5) is 0 Å². The first-order chi connectivity index (χ1) is 9.67. The van der Waals surface area contributed by atoms with Gasteiger partial charge in [0.05, 0.1) is 0 Å². The molecule has 7 heteroatoms. The highest BCUT2D eigenvalue weighted by atomic mass is 127. The van der Waals surface area contributed by atoms with Gasteiger partial charge in [-0.2, -0.15) is 0 Å². The monoisotopic (exact) mass is 489 g/mol. The predicted octanol–water partition coefficient (Wildman–Crippen LogP) is 3.81. The van der Waals surface area contributed by atoms with Crippen molar-refractivity contribution in [1.82, 2.24) is 10.6 Å². The molecule has 0 fully saturated rings. The third-order valence-electron chi connectivity index (χ3n) is 2.65. The molecular formula is C14H22BrClIN3O. The van der Waals surface area contributed by atoms with Crippen LogP contribution in [0.3, 0.4) is 0 Å². The lowest BCUT2D eigenvalue weighted by Crippen LogP contribution is -2.37. The molecule has 0 aromatic heterocycles. The second kappa shape index (κ2) is 12.5. The molecule has 0 aliphatic rings. The fourth-order valence-electron chi connectivity index (χ4n) is 1.59. The summed E-state index contributed by atoms with van der Waals surface area (Å²) in [5.41, 5.74) is 1.03. The quantitative estimate of drug-likeness (QED) is 0.265. The standard InChI is InChI=1S/C14H21BrClN3O.HI/c1-3-20-8-4-7-18-14(17-2)19-10-11-5-6-12(15)9-13(11)16;/h5-6,9H,3-4,7-8,10H2,1-2H3,(H2,17,18,19);1H. The van der Waals surface area contributed by atoms with Crippen molar-refractivity contribution in [2.75, 3.05) is 26.8 Å². The molecular weight excluding hydrogens is 468 g/mol. The van der Waals surface area contributed by atoms with Gasteiger partial charge in [-0.15, -0.1) is 24.0 Å². The Kier molecular flexibility index (Phi) is 12.5. The fraction of sp³-hybridized carbons (Fsp3) is 0.500. The first kappa shape index (κ1) is 20.9. The van der Waals surface area contributed by atoms with Crippen LogP contribution in [0.25, 0.3) is 0 Å². The summed E-state index contributed by atoms with van der Waals surface area (Å²) in [5.74, 6) is 0.764. The second-order valence-electron chi connectivity index (χ2n) is 4.14. The van der Waals surface area contributed by atoms with Crippen molar-refractivity contribution in [3.8, 4) is 0 Å². The number of hydrogen-bond acceptors (Lipinski definition) is 2. The van der Waals surface area contributed by atoms with Gasteiger partial charge in [-0.25, -0.2) is 0 Å². The second-order valence-corrected chi connectivity index (χ2v) is 5.46. The number of ether oxygens (including phenoxy) is 1. The number of guanidine groups is 1. The third-order valence-corrected chi connectivity index (χ3v) is 3.49. The summed E-state index contributed by atoms with van der Waals surface area (Å²) >= 11 is 9.56. The van der Waals surface area contributed by atoms with Crippen LogP contribution in [0.2, 0.25) is 5.02 Å². The molecule has 0 saturated heterocycles. The number of halogens is 3. The molecule has 1 aromatic rings. The van der Waals surface area contributed by atoms with E-state index in [2.05, 4.69) is 31.6 Å².